The Morgan fingerprint density at radius 3 is 2.70 bits per heavy atom. The molecule has 1 heterocycles. The van der Waals surface area contributed by atoms with Crippen molar-refractivity contribution in [1.82, 2.24) is 0 Å². The number of benzene rings is 1. The van der Waals surface area contributed by atoms with Gasteiger partial charge in [0.05, 0.1) is 5.00 Å². The maximum atomic E-state index is 10.9. The van der Waals surface area contributed by atoms with Gasteiger partial charge in [0, 0.05) is 24.2 Å². The lowest BCUT2D eigenvalue weighted by atomic mass is 9.92. The van der Waals surface area contributed by atoms with Crippen LogP contribution in [-0.4, -0.2) is 13.3 Å². The van der Waals surface area contributed by atoms with Gasteiger partial charge in [0.15, 0.2) is 0 Å². The van der Waals surface area contributed by atoms with Crippen LogP contribution in [0, 0.1) is 6.92 Å². The maximum Gasteiger partial charge on any atom is 0.146 e. The Morgan fingerprint density at radius 2 is 2.04 bits per heavy atom. The summed E-state index contributed by atoms with van der Waals surface area (Å²) in [5.41, 5.74) is 3.92. The maximum absolute atomic E-state index is 10.9. The SMILES string of the molecule is Cc1cc(N(C)C=C/C(=C\C=O)OCc2ccccc2)sc1C=C1CCC1. The molecule has 1 aromatic carbocycles. The topological polar surface area (TPSA) is 29.5 Å². The summed E-state index contributed by atoms with van der Waals surface area (Å²) in [6, 6.07) is 12.1. The molecule has 1 aliphatic carbocycles. The van der Waals surface area contributed by atoms with E-state index >= 15 is 0 Å². The van der Waals surface area contributed by atoms with Gasteiger partial charge in [-0.3, -0.25) is 4.79 Å². The minimum Gasteiger partial charge on any atom is -0.489 e. The molecule has 1 aliphatic rings. The van der Waals surface area contributed by atoms with Crippen LogP contribution in [0.25, 0.3) is 6.08 Å². The molecule has 4 heteroatoms. The number of hydrogen-bond acceptors (Lipinski definition) is 4. The average molecular weight is 380 g/mol. The van der Waals surface area contributed by atoms with Crippen molar-refractivity contribution in [2.75, 3.05) is 11.9 Å². The molecule has 140 valence electrons. The predicted octanol–water partition coefficient (Wildman–Crippen LogP) is 5.87. The van der Waals surface area contributed by atoms with Crippen molar-refractivity contribution >= 4 is 28.7 Å². The molecule has 1 aromatic heterocycles. The third kappa shape index (κ3) is 5.44. The first-order valence-corrected chi connectivity index (χ1v) is 10.0. The fraction of sp³-hybridized carbons (Fsp3) is 0.261. The largest absolute Gasteiger partial charge is 0.489 e. The fourth-order valence-electron chi connectivity index (χ4n) is 2.73. The Hall–Kier alpha value is -2.59. The van der Waals surface area contributed by atoms with E-state index in [0.29, 0.717) is 12.4 Å². The number of ether oxygens (including phenoxy) is 1. The summed E-state index contributed by atoms with van der Waals surface area (Å²) in [7, 11) is 2.01. The number of thiophene rings is 1. The molecule has 0 unspecified atom stereocenters. The summed E-state index contributed by atoms with van der Waals surface area (Å²) >= 11 is 1.79. The highest BCUT2D eigenvalue weighted by molar-refractivity contribution is 7.17. The second kappa shape index (κ2) is 9.38. The van der Waals surface area contributed by atoms with E-state index in [-0.39, 0.29) is 0 Å². The molecule has 0 radical (unpaired) electrons. The minimum atomic E-state index is 0.435. The van der Waals surface area contributed by atoms with Crippen molar-refractivity contribution in [3.05, 3.63) is 82.1 Å². The lowest BCUT2D eigenvalue weighted by Crippen LogP contribution is -2.06. The van der Waals surface area contributed by atoms with Crippen molar-refractivity contribution in [2.45, 2.75) is 32.8 Å². The monoisotopic (exact) mass is 379 g/mol. The number of rotatable bonds is 8. The smallest absolute Gasteiger partial charge is 0.146 e. The second-order valence-electron chi connectivity index (χ2n) is 6.69. The Kier molecular flexibility index (Phi) is 6.66. The number of aryl methyl sites for hydroxylation is 1. The predicted molar refractivity (Wildman–Crippen MR) is 114 cm³/mol. The van der Waals surface area contributed by atoms with Gasteiger partial charge in [-0.1, -0.05) is 35.9 Å². The average Bonchev–Trinajstić information content (AvgIpc) is 3.02. The summed E-state index contributed by atoms with van der Waals surface area (Å²) in [6.45, 7) is 2.59. The Labute approximate surface area is 165 Å². The Morgan fingerprint density at radius 1 is 1.26 bits per heavy atom. The van der Waals surface area contributed by atoms with Gasteiger partial charge in [-0.25, -0.2) is 0 Å². The molecule has 0 aliphatic heterocycles. The molecule has 1 fully saturated rings. The van der Waals surface area contributed by atoms with Crippen LogP contribution in [0.3, 0.4) is 0 Å². The van der Waals surface area contributed by atoms with E-state index in [0.717, 1.165) is 11.8 Å². The van der Waals surface area contributed by atoms with Gasteiger partial charge in [-0.15, -0.1) is 11.3 Å². The van der Waals surface area contributed by atoms with Crippen molar-refractivity contribution in [1.29, 1.82) is 0 Å². The molecule has 0 amide bonds. The van der Waals surface area contributed by atoms with E-state index in [1.165, 1.54) is 40.8 Å². The summed E-state index contributed by atoms with van der Waals surface area (Å²) in [4.78, 5) is 14.3. The van der Waals surface area contributed by atoms with Gasteiger partial charge < -0.3 is 9.64 Å². The standard InChI is InChI=1S/C23H25NO2S/c1-18-15-23(27-22(18)16-19-9-6-10-19)24(2)13-11-21(12-14-25)26-17-20-7-4-3-5-8-20/h3-5,7-8,11-16H,6,9-10,17H2,1-2H3/b13-11?,21-12+. The summed E-state index contributed by atoms with van der Waals surface area (Å²) in [5, 5.41) is 1.17. The van der Waals surface area contributed by atoms with E-state index in [2.05, 4.69) is 24.0 Å². The van der Waals surface area contributed by atoms with Crippen molar-refractivity contribution < 1.29 is 9.53 Å². The van der Waals surface area contributed by atoms with Crippen molar-refractivity contribution in [2.24, 2.45) is 0 Å². The summed E-state index contributed by atoms with van der Waals surface area (Å²) in [5.74, 6) is 0.547. The number of hydrogen-bond donors (Lipinski definition) is 0. The molecule has 0 atom stereocenters. The lowest BCUT2D eigenvalue weighted by Gasteiger charge is -2.15. The number of aldehydes is 1. The quantitative estimate of drug-likeness (QED) is 0.248. The molecule has 3 nitrogen and oxygen atoms in total. The highest BCUT2D eigenvalue weighted by Crippen LogP contribution is 2.35. The Bertz CT molecular complexity index is 856. The van der Waals surface area contributed by atoms with Crippen LogP contribution in [0.5, 0.6) is 0 Å². The van der Waals surface area contributed by atoms with E-state index in [9.17, 15) is 4.79 Å². The van der Waals surface area contributed by atoms with E-state index in [1.54, 1.807) is 16.9 Å². The summed E-state index contributed by atoms with van der Waals surface area (Å²) < 4.78 is 5.77. The highest BCUT2D eigenvalue weighted by Gasteiger charge is 2.11. The fourth-order valence-corrected chi connectivity index (χ4v) is 3.84. The number of anilines is 1. The lowest BCUT2D eigenvalue weighted by molar-refractivity contribution is -0.104. The number of carbonyl (C=O) groups is 1. The minimum absolute atomic E-state index is 0.435. The van der Waals surface area contributed by atoms with Gasteiger partial charge in [0.2, 0.25) is 0 Å². The van der Waals surface area contributed by atoms with Crippen LogP contribution in [0.2, 0.25) is 0 Å². The molecular weight excluding hydrogens is 354 g/mol. The van der Waals surface area contributed by atoms with Gasteiger partial charge >= 0.3 is 0 Å². The molecular formula is C23H25NO2S. The highest BCUT2D eigenvalue weighted by atomic mass is 32.1. The summed E-state index contributed by atoms with van der Waals surface area (Å²) in [6.07, 6.45) is 12.1. The van der Waals surface area contributed by atoms with Gasteiger partial charge in [0.25, 0.3) is 0 Å². The normalized spacial score (nSPS) is 14.1. The zero-order chi connectivity index (χ0) is 19.1. The zero-order valence-corrected chi connectivity index (χ0v) is 16.7. The van der Waals surface area contributed by atoms with Crippen LogP contribution in [-0.2, 0) is 16.1 Å². The molecule has 1 saturated carbocycles. The van der Waals surface area contributed by atoms with Crippen LogP contribution < -0.4 is 4.90 Å². The first-order chi connectivity index (χ1) is 13.2. The molecule has 0 bridgehead atoms. The molecule has 27 heavy (non-hydrogen) atoms. The molecule has 0 N–H and O–H groups in total. The molecule has 3 rings (SSSR count). The van der Waals surface area contributed by atoms with Crippen molar-refractivity contribution in [3.8, 4) is 0 Å². The van der Waals surface area contributed by atoms with Gasteiger partial charge in [-0.2, -0.15) is 0 Å². The number of allylic oxidation sites excluding steroid dienone is 3. The third-order valence-corrected chi connectivity index (χ3v) is 5.84. The second-order valence-corrected chi connectivity index (χ2v) is 7.76. The van der Waals surface area contributed by atoms with Crippen LogP contribution in [0.4, 0.5) is 5.00 Å². The van der Waals surface area contributed by atoms with Crippen molar-refractivity contribution in [3.63, 3.8) is 0 Å². The van der Waals surface area contributed by atoms with Gasteiger partial charge in [-0.05, 0) is 55.5 Å². The number of carbonyl (C=O) groups excluding carboxylic acids is 1. The van der Waals surface area contributed by atoms with E-state index in [4.69, 9.17) is 4.74 Å². The zero-order valence-electron chi connectivity index (χ0n) is 15.9. The van der Waals surface area contributed by atoms with E-state index < -0.39 is 0 Å². The Balaban J connectivity index is 1.64. The third-order valence-electron chi connectivity index (χ3n) is 4.56. The first-order valence-electron chi connectivity index (χ1n) is 9.19. The van der Waals surface area contributed by atoms with Gasteiger partial charge in [0.1, 0.15) is 18.7 Å². The molecule has 0 saturated heterocycles. The van der Waals surface area contributed by atoms with Crippen LogP contribution in [0.1, 0.15) is 35.3 Å². The molecule has 0 spiro atoms. The first kappa shape index (κ1) is 19.2. The van der Waals surface area contributed by atoms with Crippen LogP contribution >= 0.6 is 11.3 Å². The van der Waals surface area contributed by atoms with E-state index in [1.807, 2.05) is 49.7 Å². The van der Waals surface area contributed by atoms with Crippen LogP contribution in [0.15, 0.2) is 66.1 Å². The number of nitrogens with zero attached hydrogens (tertiary/aromatic N) is 1. The molecule has 2 aromatic rings.